The Bertz CT molecular complexity index is 687. The van der Waals surface area contributed by atoms with Gasteiger partial charge in [0.15, 0.2) is 0 Å². The van der Waals surface area contributed by atoms with Gasteiger partial charge in [0.2, 0.25) is 17.6 Å². The first kappa shape index (κ1) is 18.6. The molecular formula is C18H23N3O4. The number of rotatable bonds is 7. The fourth-order valence-corrected chi connectivity index (χ4v) is 3.03. The molecule has 0 bridgehead atoms. The second-order valence-electron chi connectivity index (χ2n) is 6.21. The molecule has 3 amide bonds. The molecule has 0 aromatic heterocycles. The zero-order chi connectivity index (χ0) is 18.4. The number of nitrogens with two attached hydrogens (primary N) is 1. The van der Waals surface area contributed by atoms with Crippen molar-refractivity contribution in [1.29, 1.82) is 0 Å². The molecule has 2 rings (SSSR count). The molecule has 1 aromatic rings. The summed E-state index contributed by atoms with van der Waals surface area (Å²) in [6.45, 7) is 0. The van der Waals surface area contributed by atoms with Crippen LogP contribution in [0.5, 0.6) is 0 Å². The van der Waals surface area contributed by atoms with Gasteiger partial charge in [-0.25, -0.2) is 0 Å². The summed E-state index contributed by atoms with van der Waals surface area (Å²) in [5.41, 5.74) is 7.70. The van der Waals surface area contributed by atoms with Crippen molar-refractivity contribution >= 4 is 23.5 Å². The number of aryl methyl sites for hydroxylation is 1. The Morgan fingerprint density at radius 3 is 2.52 bits per heavy atom. The molecule has 134 valence electrons. The smallest absolute Gasteiger partial charge is 0.287 e. The van der Waals surface area contributed by atoms with Gasteiger partial charge in [-0.05, 0) is 36.8 Å². The molecule has 1 aliphatic rings. The lowest BCUT2D eigenvalue weighted by molar-refractivity contribution is -0.138. The summed E-state index contributed by atoms with van der Waals surface area (Å²) in [5, 5.41) is 4.86. The maximum Gasteiger partial charge on any atom is 0.287 e. The molecule has 25 heavy (non-hydrogen) atoms. The first-order chi connectivity index (χ1) is 11.9. The molecule has 0 saturated heterocycles. The molecule has 2 unspecified atom stereocenters. The normalized spacial score (nSPS) is 17.1. The number of primary amides is 1. The highest BCUT2D eigenvalue weighted by molar-refractivity contribution is 6.36. The molecule has 0 saturated carbocycles. The average molecular weight is 345 g/mol. The summed E-state index contributed by atoms with van der Waals surface area (Å²) in [6, 6.07) is 7.02. The molecule has 0 aliphatic heterocycles. The summed E-state index contributed by atoms with van der Waals surface area (Å²) >= 11 is 0. The fraction of sp³-hybridized carbons (Fsp3) is 0.444. The van der Waals surface area contributed by atoms with Gasteiger partial charge in [0.25, 0.3) is 5.91 Å². The van der Waals surface area contributed by atoms with Crippen LogP contribution in [0.3, 0.4) is 0 Å². The van der Waals surface area contributed by atoms with Crippen LogP contribution in [-0.4, -0.2) is 36.6 Å². The number of carbonyl (C=O) groups excluding carboxylic acids is 4. The van der Waals surface area contributed by atoms with Crippen molar-refractivity contribution in [1.82, 2.24) is 10.6 Å². The number of likely N-dealkylation sites (N-methyl/N-ethyl adjacent to an activating group) is 1. The molecule has 0 fully saturated rings. The van der Waals surface area contributed by atoms with Gasteiger partial charge in [0.1, 0.15) is 6.04 Å². The highest BCUT2D eigenvalue weighted by atomic mass is 16.2. The standard InChI is InChI=1S/C18H23N3O4/c1-20-18(25)15(22)9-8-14(16(19)23)21-17(24)13-7-6-11-4-2-3-5-12(11)10-13/h2-5,13-14H,6-10H2,1H3,(H2,19,23)(H,20,25)(H,21,24). The van der Waals surface area contributed by atoms with Crippen molar-refractivity contribution in [2.75, 3.05) is 7.05 Å². The first-order valence-corrected chi connectivity index (χ1v) is 8.33. The Morgan fingerprint density at radius 2 is 1.88 bits per heavy atom. The van der Waals surface area contributed by atoms with E-state index in [4.69, 9.17) is 5.73 Å². The van der Waals surface area contributed by atoms with Crippen LogP contribution in [0.1, 0.15) is 30.4 Å². The van der Waals surface area contributed by atoms with Crippen LogP contribution in [0, 0.1) is 5.92 Å². The number of ketones is 1. The summed E-state index contributed by atoms with van der Waals surface area (Å²) in [5.74, 6) is -2.56. The largest absolute Gasteiger partial charge is 0.368 e. The summed E-state index contributed by atoms with van der Waals surface area (Å²) in [6.07, 6.45) is 1.98. The van der Waals surface area contributed by atoms with Gasteiger partial charge in [0.05, 0.1) is 0 Å². The third-order valence-electron chi connectivity index (χ3n) is 4.52. The second kappa shape index (κ2) is 8.41. The van der Waals surface area contributed by atoms with E-state index in [1.54, 1.807) is 0 Å². The average Bonchev–Trinajstić information content (AvgIpc) is 2.63. The van der Waals surface area contributed by atoms with E-state index < -0.39 is 23.6 Å². The fourth-order valence-electron chi connectivity index (χ4n) is 3.03. The Morgan fingerprint density at radius 1 is 1.20 bits per heavy atom. The van der Waals surface area contributed by atoms with Gasteiger partial charge in [0, 0.05) is 19.4 Å². The van der Waals surface area contributed by atoms with Crippen molar-refractivity contribution in [3.63, 3.8) is 0 Å². The number of hydrogen-bond donors (Lipinski definition) is 3. The van der Waals surface area contributed by atoms with Crippen molar-refractivity contribution in [3.8, 4) is 0 Å². The van der Waals surface area contributed by atoms with Gasteiger partial charge in [-0.1, -0.05) is 24.3 Å². The predicted molar refractivity (Wildman–Crippen MR) is 91.4 cm³/mol. The number of Topliss-reactive ketones (excluding diaryl/α,β-unsaturated/α-hetero) is 1. The van der Waals surface area contributed by atoms with Crippen LogP contribution < -0.4 is 16.4 Å². The minimum absolute atomic E-state index is 0.0105. The maximum absolute atomic E-state index is 12.5. The lowest BCUT2D eigenvalue weighted by atomic mass is 9.83. The van der Waals surface area contributed by atoms with E-state index in [0.29, 0.717) is 12.8 Å². The van der Waals surface area contributed by atoms with E-state index in [1.807, 2.05) is 18.2 Å². The van der Waals surface area contributed by atoms with Crippen LogP contribution in [0.2, 0.25) is 0 Å². The van der Waals surface area contributed by atoms with Gasteiger partial charge < -0.3 is 16.4 Å². The van der Waals surface area contributed by atoms with Crippen LogP contribution in [0.15, 0.2) is 24.3 Å². The van der Waals surface area contributed by atoms with E-state index in [1.165, 1.54) is 12.6 Å². The minimum Gasteiger partial charge on any atom is -0.368 e. The van der Waals surface area contributed by atoms with Crippen molar-refractivity contribution in [2.24, 2.45) is 11.7 Å². The highest BCUT2D eigenvalue weighted by Crippen LogP contribution is 2.25. The molecule has 0 spiro atoms. The number of amides is 3. The third kappa shape index (κ3) is 4.89. The lowest BCUT2D eigenvalue weighted by Crippen LogP contribution is -2.47. The van der Waals surface area contributed by atoms with Crippen LogP contribution >= 0.6 is 0 Å². The topological polar surface area (TPSA) is 118 Å². The number of hydrogen-bond acceptors (Lipinski definition) is 4. The molecule has 0 radical (unpaired) electrons. The van der Waals surface area contributed by atoms with Gasteiger partial charge >= 0.3 is 0 Å². The molecule has 1 aliphatic carbocycles. The molecule has 1 aromatic carbocycles. The molecule has 2 atom stereocenters. The van der Waals surface area contributed by atoms with E-state index in [9.17, 15) is 19.2 Å². The molecule has 7 heteroatoms. The lowest BCUT2D eigenvalue weighted by Gasteiger charge is -2.25. The zero-order valence-corrected chi connectivity index (χ0v) is 14.2. The third-order valence-corrected chi connectivity index (χ3v) is 4.52. The SMILES string of the molecule is CNC(=O)C(=O)CCC(NC(=O)C1CCc2ccccc2C1)C(N)=O. The Balaban J connectivity index is 1.93. The molecular weight excluding hydrogens is 322 g/mol. The highest BCUT2D eigenvalue weighted by Gasteiger charge is 2.28. The summed E-state index contributed by atoms with van der Waals surface area (Å²) in [4.78, 5) is 46.8. The van der Waals surface area contributed by atoms with Gasteiger partial charge in [-0.2, -0.15) is 0 Å². The van der Waals surface area contributed by atoms with E-state index in [-0.39, 0.29) is 24.7 Å². The summed E-state index contributed by atoms with van der Waals surface area (Å²) in [7, 11) is 1.36. The molecule has 7 nitrogen and oxygen atoms in total. The van der Waals surface area contributed by atoms with Crippen LogP contribution in [0.4, 0.5) is 0 Å². The van der Waals surface area contributed by atoms with Crippen molar-refractivity contribution in [3.05, 3.63) is 35.4 Å². The number of carbonyl (C=O) groups is 4. The zero-order valence-electron chi connectivity index (χ0n) is 14.2. The van der Waals surface area contributed by atoms with Gasteiger partial charge in [-0.3, -0.25) is 19.2 Å². The van der Waals surface area contributed by atoms with Crippen molar-refractivity contribution < 1.29 is 19.2 Å². The Hall–Kier alpha value is -2.70. The minimum atomic E-state index is -0.960. The van der Waals surface area contributed by atoms with Crippen LogP contribution in [0.25, 0.3) is 0 Å². The number of fused-ring (bicyclic) bond motifs is 1. The van der Waals surface area contributed by atoms with Crippen molar-refractivity contribution in [2.45, 2.75) is 38.1 Å². The second-order valence-corrected chi connectivity index (χ2v) is 6.21. The predicted octanol–water partition coefficient (Wildman–Crippen LogP) is -0.143. The Kier molecular flexibility index (Phi) is 6.27. The number of benzene rings is 1. The van der Waals surface area contributed by atoms with E-state index in [2.05, 4.69) is 16.7 Å². The molecule has 0 heterocycles. The summed E-state index contributed by atoms with van der Waals surface area (Å²) < 4.78 is 0. The van der Waals surface area contributed by atoms with Gasteiger partial charge in [-0.15, -0.1) is 0 Å². The first-order valence-electron chi connectivity index (χ1n) is 8.33. The monoisotopic (exact) mass is 345 g/mol. The quantitative estimate of drug-likeness (QED) is 0.596. The Labute approximate surface area is 146 Å². The molecule has 4 N–H and O–H groups in total. The maximum atomic E-state index is 12.5. The number of nitrogens with one attached hydrogen (secondary N) is 2. The van der Waals surface area contributed by atoms with Crippen LogP contribution in [-0.2, 0) is 32.0 Å². The van der Waals surface area contributed by atoms with E-state index >= 15 is 0 Å². The van der Waals surface area contributed by atoms with E-state index in [0.717, 1.165) is 12.0 Å².